The van der Waals surface area contributed by atoms with Crippen molar-refractivity contribution in [2.45, 2.75) is 0 Å². The minimum atomic E-state index is -0.837. The fraction of sp³-hybridized carbons (Fsp3) is 0. The minimum absolute atomic E-state index is 0.173. The molecule has 1 heterocycles. The summed E-state index contributed by atoms with van der Waals surface area (Å²) in [5, 5.41) is 22.2. The third-order valence-corrected chi connectivity index (χ3v) is 6.54. The lowest BCUT2D eigenvalue weighted by Crippen LogP contribution is -2.14. The molecule has 6 aromatic rings. The van der Waals surface area contributed by atoms with E-state index < -0.39 is 5.82 Å². The zero-order valence-corrected chi connectivity index (χ0v) is 19.6. The van der Waals surface area contributed by atoms with E-state index in [1.807, 2.05) is 131 Å². The molecule has 5 aromatic carbocycles. The largest absolute Gasteiger partial charge is 0.309 e. The van der Waals surface area contributed by atoms with E-state index in [0.717, 1.165) is 33.2 Å². The topological polar surface area (TPSA) is 55.8 Å². The molecule has 0 N–H and O–H groups in total. The average Bonchev–Trinajstić information content (AvgIpc) is 3.28. The lowest BCUT2D eigenvalue weighted by Gasteiger charge is -2.27. The molecule has 6 rings (SSSR count). The molecule has 0 aliphatic rings. The number of para-hydroxylation sites is 4. The smallest absolute Gasteiger partial charge is 0.162 e. The summed E-state index contributed by atoms with van der Waals surface area (Å²) >= 11 is 0. The van der Waals surface area contributed by atoms with Crippen LogP contribution in [-0.4, -0.2) is 4.57 Å². The third kappa shape index (κ3) is 3.50. The lowest BCUT2D eigenvalue weighted by atomic mass is 10.0. The first-order valence-electron chi connectivity index (χ1n) is 11.8. The minimum Gasteiger partial charge on any atom is -0.309 e. The van der Waals surface area contributed by atoms with Gasteiger partial charge in [0.1, 0.15) is 23.3 Å². The highest BCUT2D eigenvalue weighted by Gasteiger charge is 2.26. The Kier molecular flexibility index (Phi) is 5.37. The van der Waals surface area contributed by atoms with Gasteiger partial charge >= 0.3 is 0 Å². The standard InChI is InChI=1S/C32H19FN4/c33-32-26(20-34)30(36(22-11-3-1-4-12-22)23-13-5-2-6-14-23)19-31(27(32)21-35)37-28-17-9-7-15-24(28)25-16-8-10-18-29(25)37/h1-19H. The molecule has 0 fully saturated rings. The van der Waals surface area contributed by atoms with E-state index in [1.165, 1.54) is 0 Å². The van der Waals surface area contributed by atoms with Gasteiger partial charge in [-0.1, -0.05) is 72.8 Å². The zero-order valence-electron chi connectivity index (χ0n) is 19.6. The molecule has 1 aromatic heterocycles. The Balaban J connectivity index is 1.75. The van der Waals surface area contributed by atoms with E-state index in [-0.39, 0.29) is 11.1 Å². The normalized spacial score (nSPS) is 10.8. The van der Waals surface area contributed by atoms with Gasteiger partial charge in [-0.25, -0.2) is 4.39 Å². The predicted octanol–water partition coefficient (Wildman–Crippen LogP) is 8.14. The van der Waals surface area contributed by atoms with Gasteiger partial charge in [0, 0.05) is 22.1 Å². The number of hydrogen-bond acceptors (Lipinski definition) is 3. The van der Waals surface area contributed by atoms with E-state index in [2.05, 4.69) is 0 Å². The number of benzene rings is 5. The second-order valence-electron chi connectivity index (χ2n) is 8.58. The van der Waals surface area contributed by atoms with Crippen molar-refractivity contribution in [3.05, 3.63) is 132 Å². The van der Waals surface area contributed by atoms with Gasteiger partial charge in [0.15, 0.2) is 5.82 Å². The molecule has 37 heavy (non-hydrogen) atoms. The monoisotopic (exact) mass is 478 g/mol. The van der Waals surface area contributed by atoms with Crippen molar-refractivity contribution in [2.75, 3.05) is 4.90 Å². The Hall–Kier alpha value is -5.39. The molecule has 0 saturated carbocycles. The molecular weight excluding hydrogens is 459 g/mol. The Bertz CT molecular complexity index is 1770. The summed E-state index contributed by atoms with van der Waals surface area (Å²) in [6.07, 6.45) is 0. The zero-order chi connectivity index (χ0) is 25.4. The fourth-order valence-corrected chi connectivity index (χ4v) is 4.95. The van der Waals surface area contributed by atoms with Crippen LogP contribution in [0.5, 0.6) is 0 Å². The van der Waals surface area contributed by atoms with Crippen molar-refractivity contribution >= 4 is 38.9 Å². The van der Waals surface area contributed by atoms with Crippen LogP contribution in [0.15, 0.2) is 115 Å². The van der Waals surface area contributed by atoms with E-state index in [1.54, 1.807) is 6.07 Å². The second kappa shape index (κ2) is 9.00. The highest BCUT2D eigenvalue weighted by atomic mass is 19.1. The molecule has 0 spiro atoms. The molecule has 174 valence electrons. The van der Waals surface area contributed by atoms with Gasteiger partial charge in [-0.15, -0.1) is 0 Å². The summed E-state index contributed by atoms with van der Waals surface area (Å²) in [4.78, 5) is 1.85. The Morgan fingerprint density at radius 3 is 1.54 bits per heavy atom. The van der Waals surface area contributed by atoms with Crippen LogP contribution in [0.4, 0.5) is 21.5 Å². The Labute approximate surface area is 213 Å². The SMILES string of the molecule is N#Cc1c(N(c2ccccc2)c2ccccc2)cc(-n2c3ccccc3c3ccccc32)c(C#N)c1F. The number of hydrogen-bond donors (Lipinski definition) is 0. The molecule has 5 heteroatoms. The van der Waals surface area contributed by atoms with Crippen LogP contribution in [0.25, 0.3) is 27.5 Å². The van der Waals surface area contributed by atoms with Crippen molar-refractivity contribution in [3.8, 4) is 17.8 Å². The van der Waals surface area contributed by atoms with Crippen LogP contribution < -0.4 is 4.90 Å². The van der Waals surface area contributed by atoms with Gasteiger partial charge in [0.2, 0.25) is 0 Å². The van der Waals surface area contributed by atoms with E-state index in [9.17, 15) is 10.5 Å². The van der Waals surface area contributed by atoms with Crippen molar-refractivity contribution in [2.24, 2.45) is 0 Å². The molecule has 0 saturated heterocycles. The first kappa shape index (κ1) is 22.1. The van der Waals surface area contributed by atoms with Crippen LogP contribution in [0, 0.1) is 28.5 Å². The van der Waals surface area contributed by atoms with Crippen molar-refractivity contribution in [3.63, 3.8) is 0 Å². The highest BCUT2D eigenvalue weighted by molar-refractivity contribution is 6.09. The second-order valence-corrected chi connectivity index (χ2v) is 8.58. The summed E-state index contributed by atoms with van der Waals surface area (Å²) < 4.78 is 18.0. The van der Waals surface area contributed by atoms with Gasteiger partial charge in [0.25, 0.3) is 0 Å². The number of rotatable bonds is 4. The van der Waals surface area contributed by atoms with Gasteiger partial charge in [-0.05, 0) is 42.5 Å². The maximum atomic E-state index is 16.1. The van der Waals surface area contributed by atoms with Crippen LogP contribution in [0.1, 0.15) is 11.1 Å². The van der Waals surface area contributed by atoms with E-state index in [0.29, 0.717) is 11.4 Å². The maximum Gasteiger partial charge on any atom is 0.162 e. The number of halogens is 1. The van der Waals surface area contributed by atoms with Crippen LogP contribution >= 0.6 is 0 Å². The van der Waals surface area contributed by atoms with Gasteiger partial charge < -0.3 is 9.47 Å². The Morgan fingerprint density at radius 1 is 0.595 bits per heavy atom. The molecule has 0 aliphatic carbocycles. The van der Waals surface area contributed by atoms with Crippen molar-refractivity contribution in [1.29, 1.82) is 10.5 Å². The number of fused-ring (bicyclic) bond motifs is 3. The van der Waals surface area contributed by atoms with E-state index in [4.69, 9.17) is 0 Å². The average molecular weight is 479 g/mol. The molecule has 0 atom stereocenters. The van der Waals surface area contributed by atoms with Crippen molar-refractivity contribution in [1.82, 2.24) is 4.57 Å². The maximum absolute atomic E-state index is 16.1. The summed E-state index contributed by atoms with van der Waals surface area (Å²) in [6.45, 7) is 0. The van der Waals surface area contributed by atoms with Gasteiger partial charge in [0.05, 0.1) is 22.4 Å². The van der Waals surface area contributed by atoms with Gasteiger partial charge in [-0.3, -0.25) is 0 Å². The van der Waals surface area contributed by atoms with Crippen LogP contribution in [0.3, 0.4) is 0 Å². The molecule has 0 aliphatic heterocycles. The number of anilines is 3. The van der Waals surface area contributed by atoms with Gasteiger partial charge in [-0.2, -0.15) is 10.5 Å². The van der Waals surface area contributed by atoms with Crippen molar-refractivity contribution < 1.29 is 4.39 Å². The Morgan fingerprint density at radius 2 is 1.05 bits per heavy atom. The highest BCUT2D eigenvalue weighted by Crippen LogP contribution is 2.41. The number of aromatic nitrogens is 1. The number of nitriles is 2. The van der Waals surface area contributed by atoms with E-state index >= 15 is 4.39 Å². The summed E-state index contributed by atoms with van der Waals surface area (Å²) in [5.41, 5.74) is 3.60. The summed E-state index contributed by atoms with van der Waals surface area (Å²) in [5.74, 6) is -0.837. The third-order valence-electron chi connectivity index (χ3n) is 6.54. The lowest BCUT2D eigenvalue weighted by molar-refractivity contribution is 0.619. The van der Waals surface area contributed by atoms with Crippen LogP contribution in [0.2, 0.25) is 0 Å². The molecule has 0 unspecified atom stereocenters. The molecule has 0 radical (unpaired) electrons. The molecule has 0 amide bonds. The summed E-state index contributed by atoms with van der Waals surface area (Å²) in [6, 6.07) is 40.5. The number of nitrogens with zero attached hydrogens (tertiary/aromatic N) is 4. The first-order valence-corrected chi connectivity index (χ1v) is 11.8. The molecular formula is C32H19FN4. The molecule has 4 nitrogen and oxygen atoms in total. The first-order chi connectivity index (χ1) is 18.2. The molecule has 0 bridgehead atoms. The van der Waals surface area contributed by atoms with Crippen LogP contribution in [-0.2, 0) is 0 Å². The fourth-order valence-electron chi connectivity index (χ4n) is 4.95. The quantitative estimate of drug-likeness (QED) is 0.257. The summed E-state index contributed by atoms with van der Waals surface area (Å²) in [7, 11) is 0. The predicted molar refractivity (Wildman–Crippen MR) is 145 cm³/mol.